The monoisotopic (exact) mass is 430 g/mol. The molecule has 0 bridgehead atoms. The molecule has 0 aliphatic carbocycles. The van der Waals surface area contributed by atoms with E-state index >= 15 is 0 Å². The number of nitrogens with one attached hydrogen (secondary N) is 2. The molecule has 1 aromatic carbocycles. The zero-order valence-corrected chi connectivity index (χ0v) is 17.9. The van der Waals surface area contributed by atoms with Crippen LogP contribution >= 0.6 is 0 Å². The average Bonchev–Trinajstić information content (AvgIpc) is 2.80. The number of methoxy groups -OCH3 is 1. The fourth-order valence-electron chi connectivity index (χ4n) is 3.73. The summed E-state index contributed by atoms with van der Waals surface area (Å²) in [5.74, 6) is -0.527. The predicted octanol–water partition coefficient (Wildman–Crippen LogP) is 3.27. The number of ether oxygens (including phenoxy) is 1. The molecule has 1 aliphatic rings. The van der Waals surface area contributed by atoms with Crippen molar-refractivity contribution in [1.29, 1.82) is 0 Å². The van der Waals surface area contributed by atoms with Crippen LogP contribution in [0.3, 0.4) is 0 Å². The zero-order valence-electron chi connectivity index (χ0n) is 17.9. The van der Waals surface area contributed by atoms with Crippen LogP contribution in [0.5, 0.6) is 0 Å². The molecule has 3 amide bonds. The van der Waals surface area contributed by atoms with Crippen LogP contribution in [0.25, 0.3) is 0 Å². The second kappa shape index (κ2) is 9.69. The molecule has 1 fully saturated rings. The van der Waals surface area contributed by atoms with Gasteiger partial charge in [0.25, 0.3) is 0 Å². The smallest absolute Gasteiger partial charge is 0.409 e. The number of carbonyl (C=O) groups is 2. The highest BCUT2D eigenvalue weighted by molar-refractivity contribution is 5.99. The van der Waals surface area contributed by atoms with Crippen molar-refractivity contribution in [2.45, 2.75) is 25.8 Å². The second-order valence-corrected chi connectivity index (χ2v) is 7.48. The van der Waals surface area contributed by atoms with Crippen LogP contribution in [0.1, 0.15) is 25.8 Å². The molecule has 0 radical (unpaired) electrons. The molecule has 2 heterocycles. The molecule has 31 heavy (non-hydrogen) atoms. The van der Waals surface area contributed by atoms with Crippen LogP contribution in [-0.4, -0.2) is 65.4 Å². The lowest BCUT2D eigenvalue weighted by atomic mass is 9.86. The maximum Gasteiger partial charge on any atom is 0.409 e. The standard InChI is InChI=1S/C21H27FN6O3/c1-4-21(2,28-11-9-27(10-12-28)20(30)31-3)15-5-6-17(22)18(13-15)26-19(29)25-16-7-8-23-24-14-16/h5-8,13-14H,4,9-12H2,1-3H3,(H2,23,25,26,29). The van der Waals surface area contributed by atoms with Crippen LogP contribution in [-0.2, 0) is 10.3 Å². The van der Waals surface area contributed by atoms with Gasteiger partial charge in [0.2, 0.25) is 0 Å². The molecule has 2 aromatic rings. The van der Waals surface area contributed by atoms with E-state index in [1.165, 1.54) is 25.6 Å². The number of aromatic nitrogens is 2. The number of hydrogen-bond acceptors (Lipinski definition) is 6. The summed E-state index contributed by atoms with van der Waals surface area (Å²) in [7, 11) is 1.37. The molecule has 166 valence electrons. The Morgan fingerprint density at radius 1 is 1.16 bits per heavy atom. The van der Waals surface area contributed by atoms with Crippen molar-refractivity contribution >= 4 is 23.5 Å². The molecule has 0 saturated carbocycles. The first-order valence-corrected chi connectivity index (χ1v) is 10.1. The van der Waals surface area contributed by atoms with E-state index in [1.54, 1.807) is 23.1 Å². The van der Waals surface area contributed by atoms with Crippen LogP contribution in [0.2, 0.25) is 0 Å². The number of rotatable bonds is 5. The van der Waals surface area contributed by atoms with Gasteiger partial charge in [0, 0.05) is 31.7 Å². The van der Waals surface area contributed by atoms with Gasteiger partial charge in [-0.25, -0.2) is 14.0 Å². The van der Waals surface area contributed by atoms with Crippen LogP contribution < -0.4 is 10.6 Å². The first-order chi connectivity index (χ1) is 14.9. The molecule has 9 nitrogen and oxygen atoms in total. The van der Waals surface area contributed by atoms with Crippen molar-refractivity contribution in [3.63, 3.8) is 0 Å². The molecule has 10 heteroatoms. The maximum atomic E-state index is 14.4. The average molecular weight is 430 g/mol. The highest BCUT2D eigenvalue weighted by Gasteiger charge is 2.35. The third-order valence-electron chi connectivity index (χ3n) is 5.78. The summed E-state index contributed by atoms with van der Waals surface area (Å²) < 4.78 is 19.2. The normalized spacial score (nSPS) is 16.3. The Kier molecular flexibility index (Phi) is 7.01. The van der Waals surface area contributed by atoms with Crippen molar-refractivity contribution in [1.82, 2.24) is 20.0 Å². The molecular weight excluding hydrogens is 403 g/mol. The third kappa shape index (κ3) is 5.08. The van der Waals surface area contributed by atoms with Crippen molar-refractivity contribution in [2.75, 3.05) is 43.9 Å². The van der Waals surface area contributed by atoms with Gasteiger partial charge in [0.15, 0.2) is 0 Å². The third-order valence-corrected chi connectivity index (χ3v) is 5.78. The number of hydrogen-bond donors (Lipinski definition) is 2. The highest BCUT2D eigenvalue weighted by Crippen LogP contribution is 2.34. The Morgan fingerprint density at radius 3 is 2.52 bits per heavy atom. The number of carbonyl (C=O) groups excluding carboxylic acids is 2. The van der Waals surface area contributed by atoms with E-state index < -0.39 is 17.4 Å². The van der Waals surface area contributed by atoms with E-state index in [4.69, 9.17) is 4.74 Å². The van der Waals surface area contributed by atoms with Gasteiger partial charge in [-0.2, -0.15) is 10.2 Å². The van der Waals surface area contributed by atoms with Gasteiger partial charge in [-0.1, -0.05) is 13.0 Å². The lowest BCUT2D eigenvalue weighted by Gasteiger charge is -2.45. The lowest BCUT2D eigenvalue weighted by molar-refractivity contribution is 0.0338. The molecule has 2 N–H and O–H groups in total. The summed E-state index contributed by atoms with van der Waals surface area (Å²) in [5.41, 5.74) is 1.03. The van der Waals surface area contributed by atoms with Gasteiger partial charge >= 0.3 is 12.1 Å². The minimum absolute atomic E-state index is 0.0879. The van der Waals surface area contributed by atoms with Gasteiger partial charge in [0.05, 0.1) is 30.9 Å². The number of piperazine rings is 1. The van der Waals surface area contributed by atoms with E-state index in [0.29, 0.717) is 31.9 Å². The number of anilines is 2. The van der Waals surface area contributed by atoms with Gasteiger partial charge in [-0.3, -0.25) is 4.90 Å². The molecule has 1 aliphatic heterocycles. The topological polar surface area (TPSA) is 99.7 Å². The van der Waals surface area contributed by atoms with Crippen LogP contribution in [0, 0.1) is 5.82 Å². The molecule has 0 spiro atoms. The first-order valence-electron chi connectivity index (χ1n) is 10.1. The van der Waals surface area contributed by atoms with Gasteiger partial charge in [-0.15, -0.1) is 0 Å². The van der Waals surface area contributed by atoms with E-state index in [1.807, 2.05) is 0 Å². The van der Waals surface area contributed by atoms with Gasteiger partial charge in [-0.05, 0) is 37.1 Å². The van der Waals surface area contributed by atoms with Gasteiger partial charge < -0.3 is 20.3 Å². The lowest BCUT2D eigenvalue weighted by Crippen LogP contribution is -2.55. The summed E-state index contributed by atoms with van der Waals surface area (Å²) in [5, 5.41) is 12.5. The molecule has 1 saturated heterocycles. The second-order valence-electron chi connectivity index (χ2n) is 7.48. The van der Waals surface area contributed by atoms with Crippen molar-refractivity contribution in [2.24, 2.45) is 0 Å². The van der Waals surface area contributed by atoms with E-state index in [2.05, 4.69) is 39.6 Å². The van der Waals surface area contributed by atoms with Crippen molar-refractivity contribution < 1.29 is 18.7 Å². The van der Waals surface area contributed by atoms with Crippen molar-refractivity contribution in [3.8, 4) is 0 Å². The van der Waals surface area contributed by atoms with E-state index in [-0.39, 0.29) is 11.8 Å². The summed E-state index contributed by atoms with van der Waals surface area (Å²) >= 11 is 0. The Balaban J connectivity index is 1.75. The maximum absolute atomic E-state index is 14.4. The Morgan fingerprint density at radius 2 is 1.90 bits per heavy atom. The van der Waals surface area contributed by atoms with E-state index in [0.717, 1.165) is 12.0 Å². The zero-order chi connectivity index (χ0) is 22.4. The Hall–Kier alpha value is -3.27. The predicted molar refractivity (Wildman–Crippen MR) is 114 cm³/mol. The van der Waals surface area contributed by atoms with Crippen LogP contribution in [0.4, 0.5) is 25.4 Å². The van der Waals surface area contributed by atoms with Gasteiger partial charge in [0.1, 0.15) is 5.82 Å². The Bertz CT molecular complexity index is 921. The minimum Gasteiger partial charge on any atom is -0.453 e. The Labute approximate surface area is 180 Å². The number of benzene rings is 1. The van der Waals surface area contributed by atoms with E-state index in [9.17, 15) is 14.0 Å². The largest absolute Gasteiger partial charge is 0.453 e. The fraction of sp³-hybridized carbons (Fsp3) is 0.429. The molecule has 3 rings (SSSR count). The SMILES string of the molecule is CCC(C)(c1ccc(F)c(NC(=O)Nc2ccnnc2)c1)N1CCN(C(=O)OC)CC1. The summed E-state index contributed by atoms with van der Waals surface area (Å²) in [6, 6.07) is 5.77. The fourth-order valence-corrected chi connectivity index (χ4v) is 3.73. The summed E-state index contributed by atoms with van der Waals surface area (Å²) in [6.45, 7) is 6.57. The number of urea groups is 1. The molecule has 1 unspecified atom stereocenters. The minimum atomic E-state index is -0.575. The number of halogens is 1. The van der Waals surface area contributed by atoms with Crippen LogP contribution in [0.15, 0.2) is 36.7 Å². The molecule has 1 atom stereocenters. The number of amides is 3. The van der Waals surface area contributed by atoms with Crippen molar-refractivity contribution in [3.05, 3.63) is 48.0 Å². The quantitative estimate of drug-likeness (QED) is 0.755. The molecular formula is C21H27FN6O3. The molecule has 1 aromatic heterocycles. The highest BCUT2D eigenvalue weighted by atomic mass is 19.1. The number of nitrogens with zero attached hydrogens (tertiary/aromatic N) is 4. The summed E-state index contributed by atoms with van der Waals surface area (Å²) in [4.78, 5) is 28.0. The first kappa shape index (κ1) is 22.4. The summed E-state index contributed by atoms with van der Waals surface area (Å²) in [6.07, 6.45) is 3.28.